The molecule has 484 valence electrons. The number of hydrogen-bond acceptors (Lipinski definition) is 20. The lowest BCUT2D eigenvalue weighted by Crippen LogP contribution is -2.57. The van der Waals surface area contributed by atoms with Gasteiger partial charge in [0, 0.05) is 89.8 Å². The van der Waals surface area contributed by atoms with Crippen molar-refractivity contribution in [1.29, 1.82) is 0 Å². The first-order valence-electron chi connectivity index (χ1n) is 29.5. The molecule has 0 saturated carbocycles. The van der Waals surface area contributed by atoms with Gasteiger partial charge in [-0.05, 0) is 106 Å². The summed E-state index contributed by atoms with van der Waals surface area (Å²) in [5.74, 6) is -3.37. The highest BCUT2D eigenvalue weighted by Crippen LogP contribution is 2.17. The number of rotatable bonds is 54. The summed E-state index contributed by atoms with van der Waals surface area (Å²) < 4.78 is 21.4. The standard InChI is InChI=1S/C56H105N13O15/c1-40(52(57)76)17-9-12-25-61-50(74)38-83-33-32-82-30-28-63-51(75)39-84-34-31-81-29-27-62-48(72)22-16-21-47(71)60-24-13-10-18-43(54(78)64-26-14-11-20-46(59-8)53(58)77)35-45(70)19-15-23-49(73)67-44(36-65-55(4,5)41(2)68-79)37-66-56(6,7)42(3)69-80/h40,43-44,46,59,65-66,79-80H,9-39H2,1-8H3,(H2,57,76)(H2,58,77)(H,60,71)(H,61,74)(H,62,72)(H,63,75)(H,64,78)(H,67,73)/b68-41+,69-42+/t40-,43+,46-/m0/s1. The number of carbonyl (C=O) groups excluding carboxylic acids is 9. The minimum atomic E-state index is -0.686. The summed E-state index contributed by atoms with van der Waals surface area (Å²) in [6, 6.07) is -0.915. The lowest BCUT2D eigenvalue weighted by Gasteiger charge is -2.32. The number of carbonyl (C=O) groups is 9. The van der Waals surface area contributed by atoms with Gasteiger partial charge in [-0.2, -0.15) is 0 Å². The molecule has 0 aliphatic rings. The second-order valence-corrected chi connectivity index (χ2v) is 21.8. The smallest absolute Gasteiger partial charge is 0.246 e. The maximum absolute atomic E-state index is 13.4. The number of hydrogen-bond donors (Lipinski definition) is 13. The zero-order chi connectivity index (χ0) is 63.2. The summed E-state index contributed by atoms with van der Waals surface area (Å²) in [5.41, 5.74) is 10.2. The van der Waals surface area contributed by atoms with Crippen molar-refractivity contribution in [2.75, 3.05) is 106 Å². The highest BCUT2D eigenvalue weighted by Gasteiger charge is 2.28. The Morgan fingerprint density at radius 3 is 1.42 bits per heavy atom. The minimum Gasteiger partial charge on any atom is -0.411 e. The van der Waals surface area contributed by atoms with Crippen molar-refractivity contribution in [2.24, 2.45) is 33.6 Å². The zero-order valence-corrected chi connectivity index (χ0v) is 51.5. The topological polar surface area (TPSA) is 416 Å². The van der Waals surface area contributed by atoms with E-state index in [2.05, 4.69) is 58.2 Å². The molecule has 0 rings (SSSR count). The monoisotopic (exact) mass is 1200 g/mol. The van der Waals surface area contributed by atoms with E-state index in [-0.39, 0.29) is 158 Å². The van der Waals surface area contributed by atoms with Gasteiger partial charge >= 0.3 is 0 Å². The molecule has 15 N–H and O–H groups in total. The lowest BCUT2D eigenvalue weighted by atomic mass is 9.93. The molecule has 0 aliphatic carbocycles. The van der Waals surface area contributed by atoms with E-state index in [0.717, 1.165) is 12.8 Å². The van der Waals surface area contributed by atoms with Gasteiger partial charge in [-0.15, -0.1) is 0 Å². The van der Waals surface area contributed by atoms with Crippen LogP contribution in [-0.2, 0) is 62.1 Å². The number of Topliss-reactive ketones (excluding diaryl/α,β-unsaturated/α-hetero) is 1. The number of amides is 8. The second kappa shape index (κ2) is 47.3. The van der Waals surface area contributed by atoms with Gasteiger partial charge in [-0.25, -0.2) is 0 Å². The molecular formula is C56H105N13O15. The molecule has 0 aromatic rings. The van der Waals surface area contributed by atoms with E-state index in [9.17, 15) is 53.6 Å². The van der Waals surface area contributed by atoms with Crippen molar-refractivity contribution in [1.82, 2.24) is 47.9 Å². The van der Waals surface area contributed by atoms with E-state index < -0.39 is 35.0 Å². The van der Waals surface area contributed by atoms with Crippen molar-refractivity contribution >= 4 is 64.5 Å². The Kier molecular flexibility index (Phi) is 44.0. The van der Waals surface area contributed by atoms with Crippen molar-refractivity contribution in [2.45, 2.75) is 174 Å². The number of oxime groups is 2. The summed E-state index contributed by atoms with van der Waals surface area (Å²) in [6.45, 7) is 15.8. The molecule has 0 saturated heterocycles. The van der Waals surface area contributed by atoms with E-state index >= 15 is 0 Å². The lowest BCUT2D eigenvalue weighted by molar-refractivity contribution is -0.130. The largest absolute Gasteiger partial charge is 0.411 e. The third-order valence-electron chi connectivity index (χ3n) is 14.0. The normalized spacial score (nSPS) is 13.2. The number of nitrogens with zero attached hydrogens (tertiary/aromatic N) is 2. The summed E-state index contributed by atoms with van der Waals surface area (Å²) in [6.07, 6.45) is 6.36. The first-order valence-corrected chi connectivity index (χ1v) is 29.5. The number of ether oxygens (including phenoxy) is 4. The van der Waals surface area contributed by atoms with Crippen molar-refractivity contribution in [3.63, 3.8) is 0 Å². The summed E-state index contributed by atoms with van der Waals surface area (Å²) in [4.78, 5) is 111. The molecule has 0 bridgehead atoms. The second-order valence-electron chi connectivity index (χ2n) is 21.8. The fourth-order valence-corrected chi connectivity index (χ4v) is 7.82. The third kappa shape index (κ3) is 41.2. The van der Waals surface area contributed by atoms with Crippen LogP contribution in [0.15, 0.2) is 10.3 Å². The van der Waals surface area contributed by atoms with Gasteiger partial charge in [-0.3, -0.25) is 43.2 Å². The van der Waals surface area contributed by atoms with Crippen LogP contribution in [0.2, 0.25) is 0 Å². The van der Waals surface area contributed by atoms with Crippen LogP contribution in [0.3, 0.4) is 0 Å². The van der Waals surface area contributed by atoms with Crippen LogP contribution in [0.1, 0.15) is 151 Å². The van der Waals surface area contributed by atoms with Crippen LogP contribution >= 0.6 is 0 Å². The molecule has 0 heterocycles. The first-order chi connectivity index (χ1) is 39.9. The van der Waals surface area contributed by atoms with Crippen LogP contribution < -0.4 is 59.3 Å². The predicted molar refractivity (Wildman–Crippen MR) is 317 cm³/mol. The summed E-state index contributed by atoms with van der Waals surface area (Å²) in [5, 5.41) is 51.7. The number of nitrogens with one attached hydrogen (secondary N) is 9. The van der Waals surface area contributed by atoms with Crippen LogP contribution in [-0.4, -0.2) is 204 Å². The molecule has 0 fully saturated rings. The molecule has 28 heteroatoms. The predicted octanol–water partition coefficient (Wildman–Crippen LogP) is 0.177. The fraction of sp³-hybridized carbons (Fsp3) is 0.804. The first kappa shape index (κ1) is 78.1. The highest BCUT2D eigenvalue weighted by molar-refractivity contribution is 5.91. The van der Waals surface area contributed by atoms with Crippen LogP contribution in [0.4, 0.5) is 0 Å². The average Bonchev–Trinajstić information content (AvgIpc) is 3.65. The van der Waals surface area contributed by atoms with Gasteiger partial charge in [-0.1, -0.05) is 30.1 Å². The van der Waals surface area contributed by atoms with E-state index in [1.165, 1.54) is 0 Å². The zero-order valence-electron chi connectivity index (χ0n) is 51.5. The number of likely N-dealkylation sites (N-methyl/N-ethyl adjacent to an activating group) is 1. The van der Waals surface area contributed by atoms with E-state index in [1.807, 2.05) is 27.7 Å². The Labute approximate surface area is 497 Å². The number of ketones is 1. The third-order valence-corrected chi connectivity index (χ3v) is 14.0. The molecule has 3 atom stereocenters. The number of primary amides is 2. The van der Waals surface area contributed by atoms with Crippen LogP contribution in [0.25, 0.3) is 0 Å². The summed E-state index contributed by atoms with van der Waals surface area (Å²) >= 11 is 0. The highest BCUT2D eigenvalue weighted by atomic mass is 16.5. The van der Waals surface area contributed by atoms with Crippen LogP contribution in [0.5, 0.6) is 0 Å². The van der Waals surface area contributed by atoms with Gasteiger partial charge < -0.3 is 88.7 Å². The molecule has 84 heavy (non-hydrogen) atoms. The maximum atomic E-state index is 13.4. The Bertz CT molecular complexity index is 1980. The van der Waals surface area contributed by atoms with Gasteiger partial charge in [0.05, 0.1) is 74.2 Å². The molecule has 0 unspecified atom stereocenters. The molecule has 0 aromatic heterocycles. The molecule has 0 radical (unpaired) electrons. The molecule has 28 nitrogen and oxygen atoms in total. The molecular weight excluding hydrogens is 1090 g/mol. The Balaban J connectivity index is 4.62. The van der Waals surface area contributed by atoms with Crippen molar-refractivity contribution < 1.29 is 72.5 Å². The van der Waals surface area contributed by atoms with Gasteiger partial charge in [0.1, 0.15) is 19.0 Å². The SMILES string of the molecule is CN[C@@H](CCCCNC(=O)[C@H](CCCCNC(=O)CCCC(=O)NCCOCCOCC(=O)NCCOCCOCC(=O)NCCCC[C@H](C)C(N)=O)CC(=O)CCCC(=O)NC(CNC(C)(C)/C(C)=N/O)CNC(C)(C)/C(C)=N/O)C(N)=O. The fourth-order valence-electron chi connectivity index (χ4n) is 7.82. The Hall–Kier alpha value is -5.91. The van der Waals surface area contributed by atoms with Gasteiger partial charge in [0.15, 0.2) is 0 Å². The quantitative estimate of drug-likeness (QED) is 0.0167. The number of nitrogens with two attached hydrogens (primary N) is 2. The van der Waals surface area contributed by atoms with Crippen molar-refractivity contribution in [3.8, 4) is 0 Å². The van der Waals surface area contributed by atoms with E-state index in [0.29, 0.717) is 95.5 Å². The Morgan fingerprint density at radius 2 is 0.929 bits per heavy atom. The minimum absolute atomic E-state index is 0.0284. The van der Waals surface area contributed by atoms with Gasteiger partial charge in [0.2, 0.25) is 47.3 Å². The molecule has 0 aromatic carbocycles. The van der Waals surface area contributed by atoms with Gasteiger partial charge in [0.25, 0.3) is 0 Å². The molecule has 0 aliphatic heterocycles. The van der Waals surface area contributed by atoms with E-state index in [4.69, 9.17) is 30.4 Å². The van der Waals surface area contributed by atoms with E-state index in [1.54, 1.807) is 27.8 Å². The average molecular weight is 1200 g/mol. The number of unbranched alkanes of at least 4 members (excludes halogenated alkanes) is 3. The van der Waals surface area contributed by atoms with Crippen molar-refractivity contribution in [3.05, 3.63) is 0 Å². The molecule has 8 amide bonds. The van der Waals surface area contributed by atoms with Crippen LogP contribution in [0, 0.1) is 11.8 Å². The Morgan fingerprint density at radius 1 is 0.500 bits per heavy atom. The summed E-state index contributed by atoms with van der Waals surface area (Å²) in [7, 11) is 1.65. The maximum Gasteiger partial charge on any atom is 0.246 e. The molecule has 0 spiro atoms.